The number of aromatic hydroxyl groups is 1. The average molecular weight is 386 g/mol. The summed E-state index contributed by atoms with van der Waals surface area (Å²) in [7, 11) is 2.66. The number of carbonyl (C=O) groups excluding carboxylic acids is 1. The molecule has 0 aliphatic heterocycles. The molecule has 3 rings (SSSR count). The van der Waals surface area contributed by atoms with E-state index in [-0.39, 0.29) is 28.9 Å². The van der Waals surface area contributed by atoms with Crippen molar-refractivity contribution in [3.63, 3.8) is 0 Å². The lowest BCUT2D eigenvalue weighted by Gasteiger charge is -2.16. The number of carbonyl (C=O) groups is 1. The Hall–Kier alpha value is -3.55. The Balaban J connectivity index is 2.27. The molecule has 1 aromatic carbocycles. The number of hydrogen-bond donors (Lipinski definition) is 1. The summed E-state index contributed by atoms with van der Waals surface area (Å²) in [5.41, 5.74) is -0.769. The van der Waals surface area contributed by atoms with E-state index in [4.69, 9.17) is 18.3 Å². The molecule has 146 valence electrons. The molecule has 3 aromatic rings. The fourth-order valence-corrected chi connectivity index (χ4v) is 2.95. The zero-order chi connectivity index (χ0) is 20.4. The monoisotopic (exact) mass is 386 g/mol. The molecule has 0 aliphatic rings. The van der Waals surface area contributed by atoms with Crippen LogP contribution in [0.4, 0.5) is 0 Å². The number of fused-ring (bicyclic) bond motifs is 1. The predicted molar refractivity (Wildman–Crippen MR) is 98.9 cm³/mol. The summed E-state index contributed by atoms with van der Waals surface area (Å²) in [6.45, 7) is 1.52. The highest BCUT2D eigenvalue weighted by Gasteiger charge is 2.29. The van der Waals surface area contributed by atoms with Crippen LogP contribution in [-0.2, 0) is 9.53 Å². The molecule has 0 amide bonds. The lowest BCUT2D eigenvalue weighted by atomic mass is 9.92. The number of esters is 1. The Morgan fingerprint density at radius 2 is 1.96 bits per heavy atom. The maximum atomic E-state index is 13.1. The van der Waals surface area contributed by atoms with E-state index in [1.54, 1.807) is 12.1 Å². The highest BCUT2D eigenvalue weighted by atomic mass is 16.5. The third kappa shape index (κ3) is 3.48. The minimum atomic E-state index is -1.08. The van der Waals surface area contributed by atoms with Gasteiger partial charge in [0, 0.05) is 11.6 Å². The summed E-state index contributed by atoms with van der Waals surface area (Å²) in [4.78, 5) is 37.0. The normalized spacial score (nSPS) is 12.0. The SMILES string of the molecule is COC(=O)C[C@H](c1oc(C)cc(=O)c1O)c1coc2ccc(OC)cc2c1=O. The second-order valence-electron chi connectivity index (χ2n) is 6.15. The van der Waals surface area contributed by atoms with Crippen LogP contribution in [0.3, 0.4) is 0 Å². The molecule has 0 saturated carbocycles. The maximum Gasteiger partial charge on any atom is 0.306 e. The number of methoxy groups -OCH3 is 2. The molecular weight excluding hydrogens is 368 g/mol. The lowest BCUT2D eigenvalue weighted by molar-refractivity contribution is -0.140. The molecule has 0 aliphatic carbocycles. The summed E-state index contributed by atoms with van der Waals surface area (Å²) < 4.78 is 20.9. The van der Waals surface area contributed by atoms with Crippen LogP contribution in [0.1, 0.15) is 29.4 Å². The second kappa shape index (κ2) is 7.59. The predicted octanol–water partition coefficient (Wildman–Crippen LogP) is 2.46. The first-order chi connectivity index (χ1) is 13.3. The van der Waals surface area contributed by atoms with Gasteiger partial charge in [-0.1, -0.05) is 0 Å². The Kier molecular flexibility index (Phi) is 5.21. The van der Waals surface area contributed by atoms with E-state index >= 15 is 0 Å². The molecule has 0 spiro atoms. The first-order valence-corrected chi connectivity index (χ1v) is 8.35. The molecule has 2 aromatic heterocycles. The van der Waals surface area contributed by atoms with E-state index in [0.717, 1.165) is 6.07 Å². The third-order valence-corrected chi connectivity index (χ3v) is 4.37. The molecule has 0 unspecified atom stereocenters. The zero-order valence-electron chi connectivity index (χ0n) is 15.5. The standard InChI is InChI=1S/C20H18O8/c1-10-6-15(21)19(24)20(28-10)12(8-17(22)26-3)14-9-27-16-5-4-11(25-2)7-13(16)18(14)23/h4-7,9,12,24H,8H2,1-3H3/t12-/m0/s1. The smallest absolute Gasteiger partial charge is 0.306 e. The van der Waals surface area contributed by atoms with Gasteiger partial charge in [0.1, 0.15) is 17.1 Å². The Bertz CT molecular complexity index is 1160. The van der Waals surface area contributed by atoms with Crippen LogP contribution in [0.5, 0.6) is 11.5 Å². The van der Waals surface area contributed by atoms with Crippen molar-refractivity contribution in [2.45, 2.75) is 19.3 Å². The van der Waals surface area contributed by atoms with Crippen molar-refractivity contribution >= 4 is 16.9 Å². The lowest BCUT2D eigenvalue weighted by Crippen LogP contribution is -2.19. The van der Waals surface area contributed by atoms with Crippen LogP contribution in [0, 0.1) is 6.92 Å². The van der Waals surface area contributed by atoms with Gasteiger partial charge in [-0.15, -0.1) is 0 Å². The van der Waals surface area contributed by atoms with E-state index in [9.17, 15) is 19.5 Å². The molecule has 1 atom stereocenters. The Morgan fingerprint density at radius 3 is 2.64 bits per heavy atom. The highest BCUT2D eigenvalue weighted by Crippen LogP contribution is 2.33. The minimum Gasteiger partial charge on any atom is -0.502 e. The van der Waals surface area contributed by atoms with Crippen molar-refractivity contribution in [2.75, 3.05) is 14.2 Å². The molecule has 0 fully saturated rings. The number of ether oxygens (including phenoxy) is 2. The van der Waals surface area contributed by atoms with E-state index < -0.39 is 28.5 Å². The molecule has 28 heavy (non-hydrogen) atoms. The summed E-state index contributed by atoms with van der Waals surface area (Å²) in [6, 6.07) is 5.84. The van der Waals surface area contributed by atoms with Crippen molar-refractivity contribution in [1.29, 1.82) is 0 Å². The molecule has 0 radical (unpaired) electrons. The highest BCUT2D eigenvalue weighted by molar-refractivity contribution is 5.79. The van der Waals surface area contributed by atoms with Gasteiger partial charge < -0.3 is 23.4 Å². The Morgan fingerprint density at radius 1 is 1.21 bits per heavy atom. The van der Waals surface area contributed by atoms with E-state index in [1.807, 2.05) is 0 Å². The number of rotatable bonds is 5. The van der Waals surface area contributed by atoms with Crippen LogP contribution < -0.4 is 15.6 Å². The van der Waals surface area contributed by atoms with Crippen molar-refractivity contribution in [3.05, 3.63) is 68.1 Å². The van der Waals surface area contributed by atoms with Crippen molar-refractivity contribution in [3.8, 4) is 11.5 Å². The number of benzene rings is 1. The van der Waals surface area contributed by atoms with E-state index in [1.165, 1.54) is 33.5 Å². The van der Waals surface area contributed by atoms with Crippen LogP contribution in [0.25, 0.3) is 11.0 Å². The third-order valence-electron chi connectivity index (χ3n) is 4.37. The van der Waals surface area contributed by atoms with Crippen molar-refractivity contribution < 1.29 is 28.2 Å². The summed E-state index contributed by atoms with van der Waals surface area (Å²) in [5.74, 6) is -1.94. The molecule has 8 heteroatoms. The van der Waals surface area contributed by atoms with Gasteiger partial charge in [0.15, 0.2) is 11.2 Å². The van der Waals surface area contributed by atoms with E-state index in [2.05, 4.69) is 0 Å². The van der Waals surface area contributed by atoms with Crippen molar-refractivity contribution in [2.24, 2.45) is 0 Å². The summed E-state index contributed by atoms with van der Waals surface area (Å²) in [5, 5.41) is 10.4. The van der Waals surface area contributed by atoms with Gasteiger partial charge >= 0.3 is 5.97 Å². The van der Waals surface area contributed by atoms with Gasteiger partial charge in [-0.05, 0) is 25.1 Å². The van der Waals surface area contributed by atoms with Crippen LogP contribution in [0.2, 0.25) is 0 Å². The first-order valence-electron chi connectivity index (χ1n) is 8.35. The van der Waals surface area contributed by atoms with Gasteiger partial charge in [0.05, 0.1) is 38.2 Å². The molecular formula is C20H18O8. The van der Waals surface area contributed by atoms with Crippen LogP contribution >= 0.6 is 0 Å². The molecule has 2 heterocycles. The molecule has 8 nitrogen and oxygen atoms in total. The van der Waals surface area contributed by atoms with Crippen LogP contribution in [-0.4, -0.2) is 25.3 Å². The van der Waals surface area contributed by atoms with Gasteiger partial charge in [0.2, 0.25) is 11.2 Å². The van der Waals surface area contributed by atoms with Crippen LogP contribution in [0.15, 0.2) is 49.0 Å². The number of hydrogen-bond acceptors (Lipinski definition) is 8. The second-order valence-corrected chi connectivity index (χ2v) is 6.15. The maximum absolute atomic E-state index is 13.1. The molecule has 1 N–H and O–H groups in total. The zero-order valence-corrected chi connectivity index (χ0v) is 15.5. The fourth-order valence-electron chi connectivity index (χ4n) is 2.95. The summed E-state index contributed by atoms with van der Waals surface area (Å²) >= 11 is 0. The molecule has 0 saturated heterocycles. The van der Waals surface area contributed by atoms with E-state index in [0.29, 0.717) is 11.3 Å². The summed E-state index contributed by atoms with van der Waals surface area (Å²) in [6.07, 6.45) is 0.850. The van der Waals surface area contributed by atoms with Crippen molar-refractivity contribution in [1.82, 2.24) is 0 Å². The quantitative estimate of drug-likeness (QED) is 0.665. The van der Waals surface area contributed by atoms with Gasteiger partial charge in [-0.3, -0.25) is 14.4 Å². The van der Waals surface area contributed by atoms with Gasteiger partial charge in [0.25, 0.3) is 0 Å². The largest absolute Gasteiger partial charge is 0.502 e. The fraction of sp³-hybridized carbons (Fsp3) is 0.250. The Labute approximate surface area is 158 Å². The van der Waals surface area contributed by atoms with Gasteiger partial charge in [-0.2, -0.15) is 0 Å². The molecule has 0 bridgehead atoms. The first kappa shape index (κ1) is 19.2. The minimum absolute atomic E-state index is 0.0372. The number of aryl methyl sites for hydroxylation is 1. The topological polar surface area (TPSA) is 116 Å². The average Bonchev–Trinajstić information content (AvgIpc) is 2.69. The van der Waals surface area contributed by atoms with Gasteiger partial charge in [-0.25, -0.2) is 0 Å².